The molecule has 0 N–H and O–H groups in total. The first-order valence-electron chi connectivity index (χ1n) is 6.76. The highest BCUT2D eigenvalue weighted by Crippen LogP contribution is 2.21. The van der Waals surface area contributed by atoms with Gasteiger partial charge in [-0.3, -0.25) is 0 Å². The lowest BCUT2D eigenvalue weighted by molar-refractivity contribution is 0.950. The van der Waals surface area contributed by atoms with Crippen LogP contribution in [0.3, 0.4) is 0 Å². The van der Waals surface area contributed by atoms with Gasteiger partial charge >= 0.3 is 0 Å². The van der Waals surface area contributed by atoms with Gasteiger partial charge in [-0.2, -0.15) is 0 Å². The highest BCUT2D eigenvalue weighted by atomic mass is 28.3. The van der Waals surface area contributed by atoms with E-state index in [1.807, 2.05) is 6.08 Å². The van der Waals surface area contributed by atoms with Crippen LogP contribution in [-0.2, 0) is 6.42 Å². The molecule has 0 nitrogen and oxygen atoms in total. The molecule has 1 aromatic rings. The predicted octanol–water partition coefficient (Wildman–Crippen LogP) is 4.15. The lowest BCUT2D eigenvalue weighted by Gasteiger charge is -2.24. The van der Waals surface area contributed by atoms with Crippen LogP contribution in [0.2, 0.25) is 11.1 Å². The van der Waals surface area contributed by atoms with Gasteiger partial charge < -0.3 is 0 Å². The van der Waals surface area contributed by atoms with Gasteiger partial charge in [0.25, 0.3) is 0 Å². The molecule has 1 rings (SSSR count). The summed E-state index contributed by atoms with van der Waals surface area (Å²) in [4.78, 5) is 0. The van der Waals surface area contributed by atoms with Gasteiger partial charge in [0, 0.05) is 0 Å². The van der Waals surface area contributed by atoms with Crippen molar-refractivity contribution < 1.29 is 0 Å². The molecule has 0 aliphatic heterocycles. The van der Waals surface area contributed by atoms with Crippen molar-refractivity contribution in [2.24, 2.45) is 0 Å². The molecule has 1 aromatic carbocycles. The second-order valence-electron chi connectivity index (χ2n) is 5.53. The minimum atomic E-state index is -0.847. The van der Waals surface area contributed by atoms with E-state index in [0.717, 1.165) is 17.5 Å². The Labute approximate surface area is 108 Å². The van der Waals surface area contributed by atoms with E-state index in [2.05, 4.69) is 59.4 Å². The number of hydrogen-bond acceptors (Lipinski definition) is 0. The van der Waals surface area contributed by atoms with Crippen molar-refractivity contribution in [3.63, 3.8) is 0 Å². The van der Waals surface area contributed by atoms with E-state index in [9.17, 15) is 0 Å². The Hall–Kier alpha value is -0.823. The zero-order chi connectivity index (χ0) is 13.0. The van der Waals surface area contributed by atoms with Gasteiger partial charge in [-0.05, 0) is 28.6 Å². The fraction of sp³-hybridized carbons (Fsp3) is 0.500. The Morgan fingerprint density at radius 2 is 1.76 bits per heavy atom. The van der Waals surface area contributed by atoms with Gasteiger partial charge in [0.15, 0.2) is 0 Å². The van der Waals surface area contributed by atoms with Gasteiger partial charge in [-0.1, -0.05) is 70.7 Å². The van der Waals surface area contributed by atoms with Gasteiger partial charge in [0.1, 0.15) is 0 Å². The average molecular weight is 246 g/mol. The first-order chi connectivity index (χ1) is 8.01. The second kappa shape index (κ2) is 6.20. The van der Waals surface area contributed by atoms with Crippen LogP contribution in [0.15, 0.2) is 24.8 Å². The van der Waals surface area contributed by atoms with Crippen LogP contribution in [0.4, 0.5) is 0 Å². The number of benzene rings is 1. The summed E-state index contributed by atoms with van der Waals surface area (Å²) in [7, 11) is -0.847. The molecule has 17 heavy (non-hydrogen) atoms. The maximum absolute atomic E-state index is 3.90. The molecule has 0 bridgehead atoms. The van der Waals surface area contributed by atoms with Crippen molar-refractivity contribution in [3.05, 3.63) is 35.9 Å². The molecule has 0 saturated carbocycles. The third-order valence-electron chi connectivity index (χ3n) is 3.59. The van der Waals surface area contributed by atoms with Crippen molar-refractivity contribution >= 4 is 20.1 Å². The minimum Gasteiger partial charge on any atom is -0.0985 e. The zero-order valence-electron chi connectivity index (χ0n) is 12.0. The Kier molecular flexibility index (Phi) is 5.19. The Morgan fingerprint density at radius 1 is 1.18 bits per heavy atom. The van der Waals surface area contributed by atoms with E-state index >= 15 is 0 Å². The molecule has 94 valence electrons. The van der Waals surface area contributed by atoms with E-state index in [1.54, 1.807) is 5.19 Å². The van der Waals surface area contributed by atoms with E-state index in [-0.39, 0.29) is 0 Å². The number of aryl methyl sites for hydroxylation is 1. The SMILES string of the molecule is C=Cc1ccc([SiH](C(C)C)C(C)C)cc1CC. The fourth-order valence-electron chi connectivity index (χ4n) is 2.88. The van der Waals surface area contributed by atoms with Gasteiger partial charge in [-0.15, -0.1) is 0 Å². The normalized spacial score (nSPS) is 11.5. The molecule has 0 aliphatic rings. The summed E-state index contributed by atoms with van der Waals surface area (Å²) in [6.07, 6.45) is 3.08. The molecular weight excluding hydrogens is 220 g/mol. The monoisotopic (exact) mass is 246 g/mol. The van der Waals surface area contributed by atoms with E-state index < -0.39 is 8.80 Å². The summed E-state index contributed by atoms with van der Waals surface area (Å²) in [5.41, 5.74) is 4.41. The van der Waals surface area contributed by atoms with Crippen molar-refractivity contribution in [1.82, 2.24) is 0 Å². The number of hydrogen-bond donors (Lipinski definition) is 0. The first kappa shape index (κ1) is 14.2. The Balaban J connectivity index is 3.17. The summed E-state index contributed by atoms with van der Waals surface area (Å²) in [5.74, 6) is 0. The second-order valence-corrected chi connectivity index (χ2v) is 9.91. The number of rotatable bonds is 5. The highest BCUT2D eigenvalue weighted by molar-refractivity contribution is 6.75. The first-order valence-corrected chi connectivity index (χ1v) is 8.67. The molecule has 0 amide bonds. The van der Waals surface area contributed by atoms with Crippen molar-refractivity contribution in [2.75, 3.05) is 0 Å². The molecule has 0 atom stereocenters. The van der Waals surface area contributed by atoms with Gasteiger partial charge in [-0.25, -0.2) is 0 Å². The molecule has 0 spiro atoms. The van der Waals surface area contributed by atoms with E-state index in [0.29, 0.717) is 0 Å². The fourth-order valence-corrected chi connectivity index (χ4v) is 6.67. The zero-order valence-corrected chi connectivity index (χ0v) is 13.1. The van der Waals surface area contributed by atoms with Crippen LogP contribution in [0.5, 0.6) is 0 Å². The van der Waals surface area contributed by atoms with Crippen LogP contribution >= 0.6 is 0 Å². The molecule has 0 aromatic heterocycles. The lowest BCUT2D eigenvalue weighted by Crippen LogP contribution is -2.36. The topological polar surface area (TPSA) is 0 Å². The Morgan fingerprint density at radius 3 is 2.18 bits per heavy atom. The predicted molar refractivity (Wildman–Crippen MR) is 82.9 cm³/mol. The molecule has 0 fully saturated rings. The third kappa shape index (κ3) is 3.32. The maximum atomic E-state index is 3.90. The summed E-state index contributed by atoms with van der Waals surface area (Å²) < 4.78 is 0. The maximum Gasteiger partial charge on any atom is 0.0758 e. The molecule has 0 radical (unpaired) electrons. The minimum absolute atomic E-state index is 0.828. The summed E-state index contributed by atoms with van der Waals surface area (Å²) in [6, 6.07) is 7.03. The van der Waals surface area contributed by atoms with E-state index in [4.69, 9.17) is 0 Å². The Bertz CT molecular complexity index is 369. The molecule has 0 unspecified atom stereocenters. The van der Waals surface area contributed by atoms with Crippen molar-refractivity contribution in [1.29, 1.82) is 0 Å². The molecule has 0 saturated heterocycles. The van der Waals surface area contributed by atoms with Crippen LogP contribution in [0.25, 0.3) is 6.08 Å². The molecule has 1 heteroatoms. The van der Waals surface area contributed by atoms with Crippen LogP contribution < -0.4 is 5.19 Å². The van der Waals surface area contributed by atoms with Gasteiger partial charge in [0.2, 0.25) is 0 Å². The molecule has 0 heterocycles. The standard InChI is InChI=1S/C16H26Si/c1-7-14-9-10-16(11-15(14)8-2)17(12(3)4)13(5)6/h7,9-13,17H,1,8H2,2-6H3. The van der Waals surface area contributed by atoms with Crippen LogP contribution in [0.1, 0.15) is 45.7 Å². The molecular formula is C16H26Si. The smallest absolute Gasteiger partial charge is 0.0758 e. The largest absolute Gasteiger partial charge is 0.0985 e. The third-order valence-corrected chi connectivity index (χ3v) is 7.59. The van der Waals surface area contributed by atoms with Crippen molar-refractivity contribution in [3.8, 4) is 0 Å². The quantitative estimate of drug-likeness (QED) is 0.685. The lowest BCUT2D eigenvalue weighted by atomic mass is 10.1. The van der Waals surface area contributed by atoms with Crippen LogP contribution in [0, 0.1) is 0 Å². The molecule has 0 aliphatic carbocycles. The summed E-state index contributed by atoms with van der Waals surface area (Å²) in [6.45, 7) is 15.6. The van der Waals surface area contributed by atoms with Gasteiger partial charge in [0.05, 0.1) is 8.80 Å². The van der Waals surface area contributed by atoms with Crippen LogP contribution in [-0.4, -0.2) is 8.80 Å². The summed E-state index contributed by atoms with van der Waals surface area (Å²) >= 11 is 0. The highest BCUT2D eigenvalue weighted by Gasteiger charge is 2.21. The average Bonchev–Trinajstić information content (AvgIpc) is 2.27. The van der Waals surface area contributed by atoms with Crippen molar-refractivity contribution in [2.45, 2.75) is 52.1 Å². The van der Waals surface area contributed by atoms with E-state index in [1.165, 1.54) is 11.1 Å². The summed E-state index contributed by atoms with van der Waals surface area (Å²) in [5, 5.41) is 1.62.